The number of amides is 1. The van der Waals surface area contributed by atoms with E-state index in [1.54, 1.807) is 0 Å². The van der Waals surface area contributed by atoms with Gasteiger partial charge in [-0.1, -0.05) is 0 Å². The second-order valence-electron chi connectivity index (χ2n) is 13.0. The smallest absolute Gasteiger partial charge is 0.294 e. The monoisotopic (exact) mass is 735 g/mol. The normalized spacial score (nSPS) is 46.5. The van der Waals surface area contributed by atoms with E-state index in [1.165, 1.54) is 0 Å². The number of halogens is 2. The van der Waals surface area contributed by atoms with Gasteiger partial charge in [0.25, 0.3) is 11.8 Å². The third-order valence-electron chi connectivity index (χ3n) is 9.45. The molecule has 0 aromatic rings. The molecule has 1 saturated carbocycles. The molecule has 1 amide bonds. The molecular formula is C27H51F2N7O14. The van der Waals surface area contributed by atoms with Crippen molar-refractivity contribution in [3.8, 4) is 0 Å². The maximum absolute atomic E-state index is 14.0. The number of ether oxygens (including phenoxy) is 6. The number of rotatable bonds is 13. The van der Waals surface area contributed by atoms with Crippen molar-refractivity contribution in [3.63, 3.8) is 0 Å². The highest BCUT2D eigenvalue weighted by Crippen LogP contribution is 2.35. The van der Waals surface area contributed by atoms with Crippen LogP contribution in [0.4, 0.5) is 8.78 Å². The number of carbonyl (C=O) groups is 1. The fourth-order valence-corrected chi connectivity index (χ4v) is 6.36. The van der Waals surface area contributed by atoms with Crippen molar-refractivity contribution in [1.82, 2.24) is 5.32 Å². The fourth-order valence-electron chi connectivity index (χ4n) is 6.36. The molecule has 1 aliphatic carbocycles. The van der Waals surface area contributed by atoms with Gasteiger partial charge in [-0.3, -0.25) is 4.79 Å². The lowest BCUT2D eigenvalue weighted by molar-refractivity contribution is -0.295. The molecule has 4 fully saturated rings. The molecule has 0 bridgehead atoms. The van der Waals surface area contributed by atoms with Crippen molar-refractivity contribution in [2.24, 2.45) is 34.4 Å². The SMILES string of the molecule is NC[C@@H]1C[C@@H](O)[C@@H](N)[C@@H](O[C@H]2[C@H](O[C@@H]3O[C@H](CO)[C@@H](O[C@H]4O[C@@H](CN)[C@@H](O)[C@H](O)[C@H]4N)[C@H]3O)[C@@H](O)[C@H](NC(=O)[C@@H](O)C(F)(F)CN)C[C@@H]2N)O1. The highest BCUT2D eigenvalue weighted by molar-refractivity contribution is 5.82. The first-order valence-electron chi connectivity index (χ1n) is 16.2. The minimum absolute atomic E-state index is 0.0186. The summed E-state index contributed by atoms with van der Waals surface area (Å²) in [5.41, 5.74) is 34.8. The summed E-state index contributed by atoms with van der Waals surface area (Å²) >= 11 is 0. The van der Waals surface area contributed by atoms with Crippen LogP contribution in [0.5, 0.6) is 0 Å². The number of carbonyl (C=O) groups excluding carboxylic acids is 1. The molecule has 0 aromatic carbocycles. The molecule has 0 aromatic heterocycles. The van der Waals surface area contributed by atoms with E-state index in [2.05, 4.69) is 5.32 Å². The van der Waals surface area contributed by atoms with Gasteiger partial charge in [-0.2, -0.15) is 0 Å². The molecule has 3 aliphatic heterocycles. The number of nitrogens with two attached hydrogens (primary N) is 6. The summed E-state index contributed by atoms with van der Waals surface area (Å²) in [5, 5.41) is 75.8. The Bertz CT molecular complexity index is 1110. The first-order chi connectivity index (χ1) is 23.5. The molecule has 0 spiro atoms. The van der Waals surface area contributed by atoms with Crippen molar-refractivity contribution < 1.29 is 77.7 Å². The predicted octanol–water partition coefficient (Wildman–Crippen LogP) is -8.75. The van der Waals surface area contributed by atoms with Crippen LogP contribution in [0.1, 0.15) is 12.8 Å². The van der Waals surface area contributed by atoms with Crippen LogP contribution in [0, 0.1) is 0 Å². The van der Waals surface area contributed by atoms with Crippen LogP contribution in [-0.4, -0.2) is 190 Å². The molecule has 50 heavy (non-hydrogen) atoms. The van der Waals surface area contributed by atoms with E-state index in [0.717, 1.165) is 0 Å². The molecule has 4 rings (SSSR count). The van der Waals surface area contributed by atoms with Gasteiger partial charge < -0.3 is 104 Å². The molecule has 21 nitrogen and oxygen atoms in total. The van der Waals surface area contributed by atoms with E-state index in [-0.39, 0.29) is 25.9 Å². The summed E-state index contributed by atoms with van der Waals surface area (Å²) in [4.78, 5) is 12.6. The Morgan fingerprint density at radius 2 is 1.38 bits per heavy atom. The summed E-state index contributed by atoms with van der Waals surface area (Å²) < 4.78 is 62.8. The van der Waals surface area contributed by atoms with Crippen LogP contribution in [0.15, 0.2) is 0 Å². The number of hydrogen-bond donors (Lipinski definition) is 14. The van der Waals surface area contributed by atoms with E-state index < -0.39 is 141 Å². The number of aliphatic hydroxyl groups is 7. The summed E-state index contributed by atoms with van der Waals surface area (Å²) in [7, 11) is 0. The Hall–Kier alpha value is -1.43. The van der Waals surface area contributed by atoms with Gasteiger partial charge in [-0.05, 0) is 6.42 Å². The zero-order valence-electron chi connectivity index (χ0n) is 26.9. The molecule has 20 N–H and O–H groups in total. The third-order valence-corrected chi connectivity index (χ3v) is 9.45. The molecule has 23 heteroatoms. The van der Waals surface area contributed by atoms with Gasteiger partial charge in [0, 0.05) is 25.6 Å². The van der Waals surface area contributed by atoms with Crippen molar-refractivity contribution in [2.75, 3.05) is 26.2 Å². The zero-order chi connectivity index (χ0) is 37.2. The van der Waals surface area contributed by atoms with E-state index >= 15 is 0 Å². The number of nitrogens with one attached hydrogen (secondary N) is 1. The topological polar surface area (TPSA) is 382 Å². The maximum Gasteiger partial charge on any atom is 0.294 e. The van der Waals surface area contributed by atoms with E-state index in [9.17, 15) is 49.3 Å². The predicted molar refractivity (Wildman–Crippen MR) is 161 cm³/mol. The molecule has 292 valence electrons. The Kier molecular flexibility index (Phi) is 14.2. The second-order valence-corrected chi connectivity index (χ2v) is 13.0. The largest absolute Gasteiger partial charge is 0.394 e. The van der Waals surface area contributed by atoms with Crippen LogP contribution >= 0.6 is 0 Å². The molecule has 19 atom stereocenters. The van der Waals surface area contributed by atoms with Gasteiger partial charge in [0.2, 0.25) is 0 Å². The van der Waals surface area contributed by atoms with E-state index in [4.69, 9.17) is 62.8 Å². The third kappa shape index (κ3) is 8.68. The average Bonchev–Trinajstić information content (AvgIpc) is 3.39. The first kappa shape index (κ1) is 41.3. The average molecular weight is 736 g/mol. The minimum atomic E-state index is -4.01. The van der Waals surface area contributed by atoms with Crippen LogP contribution in [0.2, 0.25) is 0 Å². The standard InChI is InChI=1S/C27H51F2N7O14/c28-27(29,6-32)22(43)23(44)36-9-2-8(33)19(48-24-13(34)10(38)1-7(3-30)45-24)21(15(9)39)50-26-18(42)20(12(5-37)47-26)49-25-14(35)17(41)16(40)11(4-31)46-25/h7-22,24-26,37-43H,1-6,30-35H2,(H,36,44)/t7-,8-,9+,10+,11-,12+,13+,14+,15-,16+,17+,18+,19+,20+,21+,22+,24+,25+,26-/m0/s1. The summed E-state index contributed by atoms with van der Waals surface area (Å²) in [6.45, 7) is -2.38. The fraction of sp³-hybridized carbons (Fsp3) is 0.963. The molecule has 3 heterocycles. The zero-order valence-corrected chi connectivity index (χ0v) is 26.9. The van der Waals surface area contributed by atoms with E-state index in [1.807, 2.05) is 0 Å². The summed E-state index contributed by atoms with van der Waals surface area (Å²) in [6.07, 6.45) is -23.2. The lowest BCUT2D eigenvalue weighted by Gasteiger charge is -2.47. The van der Waals surface area contributed by atoms with Crippen molar-refractivity contribution in [1.29, 1.82) is 0 Å². The van der Waals surface area contributed by atoms with Gasteiger partial charge in [0.05, 0.1) is 43.5 Å². The van der Waals surface area contributed by atoms with Gasteiger partial charge >= 0.3 is 0 Å². The van der Waals surface area contributed by atoms with Crippen LogP contribution < -0.4 is 39.7 Å². The number of hydrogen-bond acceptors (Lipinski definition) is 20. The van der Waals surface area contributed by atoms with Crippen LogP contribution in [-0.2, 0) is 33.2 Å². The Labute approximate surface area is 285 Å². The van der Waals surface area contributed by atoms with E-state index in [0.29, 0.717) is 0 Å². The minimum Gasteiger partial charge on any atom is -0.394 e. The molecular weight excluding hydrogens is 684 g/mol. The lowest BCUT2D eigenvalue weighted by atomic mass is 9.83. The van der Waals surface area contributed by atoms with Gasteiger partial charge in [-0.15, -0.1) is 0 Å². The Morgan fingerprint density at radius 1 is 0.780 bits per heavy atom. The van der Waals surface area contributed by atoms with Gasteiger partial charge in [-0.25, -0.2) is 8.78 Å². The highest BCUT2D eigenvalue weighted by Gasteiger charge is 2.55. The quantitative estimate of drug-likeness (QED) is 0.0834. The van der Waals surface area contributed by atoms with Crippen molar-refractivity contribution in [3.05, 3.63) is 0 Å². The van der Waals surface area contributed by atoms with Gasteiger partial charge in [0.15, 0.2) is 25.0 Å². The molecule has 4 aliphatic rings. The van der Waals surface area contributed by atoms with Gasteiger partial charge in [0.1, 0.15) is 54.9 Å². The maximum atomic E-state index is 14.0. The number of alkyl halides is 2. The summed E-state index contributed by atoms with van der Waals surface area (Å²) in [6, 6.07) is -5.12. The van der Waals surface area contributed by atoms with Crippen molar-refractivity contribution in [2.45, 2.75) is 135 Å². The van der Waals surface area contributed by atoms with Crippen molar-refractivity contribution >= 4 is 5.91 Å². The first-order valence-corrected chi connectivity index (χ1v) is 16.2. The molecule has 0 unspecified atom stereocenters. The number of aliphatic hydroxyl groups excluding tert-OH is 7. The molecule has 3 saturated heterocycles. The Balaban J connectivity index is 1.58. The molecule has 0 radical (unpaired) electrons. The Morgan fingerprint density at radius 3 is 1.98 bits per heavy atom. The highest BCUT2D eigenvalue weighted by atomic mass is 19.3. The van der Waals surface area contributed by atoms with Crippen LogP contribution in [0.3, 0.4) is 0 Å². The second kappa shape index (κ2) is 17.1. The lowest BCUT2D eigenvalue weighted by Crippen LogP contribution is -2.68. The summed E-state index contributed by atoms with van der Waals surface area (Å²) in [5.74, 6) is -5.60. The van der Waals surface area contributed by atoms with Crippen LogP contribution in [0.25, 0.3) is 0 Å².